The van der Waals surface area contributed by atoms with Crippen molar-refractivity contribution >= 4 is 11.6 Å². The van der Waals surface area contributed by atoms with Crippen LogP contribution >= 0.6 is 0 Å². The van der Waals surface area contributed by atoms with E-state index in [4.69, 9.17) is 10.5 Å². The Labute approximate surface area is 117 Å². The number of benzene rings is 1. The summed E-state index contributed by atoms with van der Waals surface area (Å²) in [7, 11) is 0. The number of alkyl halides is 2. The zero-order valence-corrected chi connectivity index (χ0v) is 11.5. The summed E-state index contributed by atoms with van der Waals surface area (Å²) in [6, 6.07) is 7.27. The minimum atomic E-state index is -2.50. The maximum Gasteiger partial charge on any atom is 0.261 e. The summed E-state index contributed by atoms with van der Waals surface area (Å²) in [5.74, 6) is -0.112. The van der Waals surface area contributed by atoms with Crippen molar-refractivity contribution in [2.75, 3.05) is 25.5 Å². The zero-order chi connectivity index (χ0) is 15.0. The Balaban J connectivity index is 2.40. The Morgan fingerprint density at radius 1 is 1.35 bits per heavy atom. The van der Waals surface area contributed by atoms with Gasteiger partial charge in [-0.2, -0.15) is 0 Å². The van der Waals surface area contributed by atoms with Crippen LogP contribution in [0.5, 0.6) is 0 Å². The van der Waals surface area contributed by atoms with Crippen LogP contribution in [0.3, 0.4) is 0 Å². The highest BCUT2D eigenvalue weighted by molar-refractivity contribution is 5.76. The van der Waals surface area contributed by atoms with Crippen LogP contribution in [0, 0.1) is 0 Å². The predicted octanol–water partition coefficient (Wildman–Crippen LogP) is 2.29. The van der Waals surface area contributed by atoms with Gasteiger partial charge in [-0.05, 0) is 24.6 Å². The van der Waals surface area contributed by atoms with Gasteiger partial charge in [0.2, 0.25) is 5.91 Å². The quantitative estimate of drug-likeness (QED) is 0.589. The van der Waals surface area contributed by atoms with E-state index in [9.17, 15) is 13.6 Å². The lowest BCUT2D eigenvalue weighted by Crippen LogP contribution is -2.31. The molecule has 1 amide bonds. The Morgan fingerprint density at radius 3 is 2.55 bits per heavy atom. The predicted molar refractivity (Wildman–Crippen MR) is 73.4 cm³/mol. The van der Waals surface area contributed by atoms with E-state index >= 15 is 0 Å². The Kier molecular flexibility index (Phi) is 6.93. The molecule has 0 fully saturated rings. The number of ether oxygens (including phenoxy) is 1. The molecule has 0 heterocycles. The molecule has 0 aliphatic carbocycles. The molecule has 0 saturated carbocycles. The highest BCUT2D eigenvalue weighted by Gasteiger charge is 2.12. The number of carbonyl (C=O) groups excluding carboxylic acids is 1. The van der Waals surface area contributed by atoms with Crippen LogP contribution in [-0.4, -0.2) is 37.0 Å². The minimum Gasteiger partial charge on any atom is -0.399 e. The van der Waals surface area contributed by atoms with Gasteiger partial charge in [-0.25, -0.2) is 8.78 Å². The van der Waals surface area contributed by atoms with Gasteiger partial charge in [-0.3, -0.25) is 4.79 Å². The molecular weight excluding hydrogens is 266 g/mol. The van der Waals surface area contributed by atoms with E-state index in [1.807, 2.05) is 19.1 Å². The number of nitrogens with zero attached hydrogens (tertiary/aromatic N) is 1. The molecule has 20 heavy (non-hydrogen) atoms. The second kappa shape index (κ2) is 8.47. The topological polar surface area (TPSA) is 55.6 Å². The van der Waals surface area contributed by atoms with Crippen molar-refractivity contribution in [3.8, 4) is 0 Å². The summed E-state index contributed by atoms with van der Waals surface area (Å²) in [5.41, 5.74) is 7.24. The first-order valence-electron chi connectivity index (χ1n) is 6.51. The van der Waals surface area contributed by atoms with Crippen LogP contribution < -0.4 is 5.73 Å². The smallest absolute Gasteiger partial charge is 0.261 e. The lowest BCUT2D eigenvalue weighted by atomic mass is 10.2. The molecule has 0 aliphatic rings. The van der Waals surface area contributed by atoms with Gasteiger partial charge < -0.3 is 15.4 Å². The fourth-order valence-corrected chi connectivity index (χ4v) is 1.71. The Hall–Kier alpha value is -1.69. The molecule has 0 saturated heterocycles. The molecule has 1 aromatic carbocycles. The van der Waals surface area contributed by atoms with Crippen LogP contribution in [0.2, 0.25) is 0 Å². The number of amides is 1. The van der Waals surface area contributed by atoms with Gasteiger partial charge >= 0.3 is 0 Å². The van der Waals surface area contributed by atoms with Crippen molar-refractivity contribution in [2.45, 2.75) is 26.3 Å². The third-order valence-electron chi connectivity index (χ3n) is 2.79. The van der Waals surface area contributed by atoms with Gasteiger partial charge in [-0.1, -0.05) is 12.1 Å². The number of rotatable bonds is 8. The van der Waals surface area contributed by atoms with Crippen molar-refractivity contribution in [2.24, 2.45) is 0 Å². The lowest BCUT2D eigenvalue weighted by Gasteiger charge is -2.21. The number of halogens is 2. The summed E-state index contributed by atoms with van der Waals surface area (Å²) < 4.78 is 28.5. The Bertz CT molecular complexity index is 410. The normalized spacial score (nSPS) is 10.8. The fraction of sp³-hybridized carbons (Fsp3) is 0.500. The molecular formula is C14H20F2N2O2. The SMILES string of the molecule is CCN(Cc1ccc(N)cc1)C(=O)CCOCC(F)F. The molecule has 0 spiro atoms. The summed E-state index contributed by atoms with van der Waals surface area (Å²) >= 11 is 0. The highest BCUT2D eigenvalue weighted by atomic mass is 19.3. The van der Waals surface area contributed by atoms with Gasteiger partial charge in [0.05, 0.1) is 13.0 Å². The molecule has 0 bridgehead atoms. The van der Waals surface area contributed by atoms with Crippen molar-refractivity contribution in [1.82, 2.24) is 4.90 Å². The molecule has 2 N–H and O–H groups in total. The number of anilines is 1. The second-order valence-corrected chi connectivity index (χ2v) is 4.37. The van der Waals surface area contributed by atoms with Crippen LogP contribution in [0.1, 0.15) is 18.9 Å². The average molecular weight is 286 g/mol. The van der Waals surface area contributed by atoms with Crippen molar-refractivity contribution in [3.05, 3.63) is 29.8 Å². The monoisotopic (exact) mass is 286 g/mol. The summed E-state index contributed by atoms with van der Waals surface area (Å²) in [6.45, 7) is 2.29. The number of carbonyl (C=O) groups is 1. The van der Waals surface area contributed by atoms with Crippen molar-refractivity contribution in [1.29, 1.82) is 0 Å². The fourth-order valence-electron chi connectivity index (χ4n) is 1.71. The second-order valence-electron chi connectivity index (χ2n) is 4.37. The van der Waals surface area contributed by atoms with E-state index in [1.165, 1.54) is 0 Å². The summed E-state index contributed by atoms with van der Waals surface area (Å²) in [4.78, 5) is 13.6. The number of nitrogen functional groups attached to an aromatic ring is 1. The summed E-state index contributed by atoms with van der Waals surface area (Å²) in [5, 5.41) is 0. The van der Waals surface area contributed by atoms with E-state index in [0.717, 1.165) is 5.56 Å². The molecule has 0 unspecified atom stereocenters. The van der Waals surface area contributed by atoms with Crippen LogP contribution in [0.25, 0.3) is 0 Å². The highest BCUT2D eigenvalue weighted by Crippen LogP contribution is 2.09. The molecule has 0 aromatic heterocycles. The zero-order valence-electron chi connectivity index (χ0n) is 11.5. The molecule has 4 nitrogen and oxygen atoms in total. The third-order valence-corrected chi connectivity index (χ3v) is 2.79. The van der Waals surface area contributed by atoms with Crippen molar-refractivity contribution < 1.29 is 18.3 Å². The molecule has 1 aromatic rings. The van der Waals surface area contributed by atoms with E-state index in [2.05, 4.69) is 0 Å². The van der Waals surface area contributed by atoms with Crippen molar-refractivity contribution in [3.63, 3.8) is 0 Å². The number of hydrogen-bond acceptors (Lipinski definition) is 3. The maximum atomic E-state index is 11.9. The van der Waals surface area contributed by atoms with E-state index in [0.29, 0.717) is 18.8 Å². The van der Waals surface area contributed by atoms with Crippen LogP contribution in [0.15, 0.2) is 24.3 Å². The maximum absolute atomic E-state index is 11.9. The molecule has 0 atom stereocenters. The molecule has 1 rings (SSSR count). The van der Waals surface area contributed by atoms with Crippen LogP contribution in [0.4, 0.5) is 14.5 Å². The molecule has 6 heteroatoms. The molecule has 0 radical (unpaired) electrons. The van der Waals surface area contributed by atoms with Gasteiger partial charge in [0.15, 0.2) is 0 Å². The van der Waals surface area contributed by atoms with E-state index in [-0.39, 0.29) is 18.9 Å². The lowest BCUT2D eigenvalue weighted by molar-refractivity contribution is -0.133. The minimum absolute atomic E-state index is 0.0153. The van der Waals surface area contributed by atoms with Gasteiger partial charge in [-0.15, -0.1) is 0 Å². The first-order chi connectivity index (χ1) is 9.52. The summed E-state index contributed by atoms with van der Waals surface area (Å²) in [6.07, 6.45) is -2.39. The number of nitrogens with two attached hydrogens (primary N) is 1. The third kappa shape index (κ3) is 5.97. The Morgan fingerprint density at radius 2 is 2.00 bits per heavy atom. The van der Waals surface area contributed by atoms with Gasteiger partial charge in [0, 0.05) is 18.8 Å². The molecule has 0 aliphatic heterocycles. The first kappa shape index (κ1) is 16.4. The average Bonchev–Trinajstić information content (AvgIpc) is 2.42. The van der Waals surface area contributed by atoms with Gasteiger partial charge in [0.1, 0.15) is 6.61 Å². The largest absolute Gasteiger partial charge is 0.399 e. The standard InChI is InChI=1S/C14H20F2N2O2/c1-2-18(9-11-3-5-12(17)6-4-11)14(19)7-8-20-10-13(15)16/h3-6,13H,2,7-10,17H2,1H3. The van der Waals surface area contributed by atoms with Crippen LogP contribution in [-0.2, 0) is 16.1 Å². The number of hydrogen-bond donors (Lipinski definition) is 1. The molecule has 112 valence electrons. The van der Waals surface area contributed by atoms with E-state index in [1.54, 1.807) is 17.0 Å². The van der Waals surface area contributed by atoms with Gasteiger partial charge in [0.25, 0.3) is 6.43 Å². The van der Waals surface area contributed by atoms with E-state index < -0.39 is 13.0 Å². The first-order valence-corrected chi connectivity index (χ1v) is 6.51.